The molecule has 2 rings (SSSR count). The third-order valence-corrected chi connectivity index (χ3v) is 4.23. The summed E-state index contributed by atoms with van der Waals surface area (Å²) in [4.78, 5) is 14.2. The number of carbonyl (C=O) groups is 1. The van der Waals surface area contributed by atoms with Crippen LogP contribution in [0.3, 0.4) is 0 Å². The van der Waals surface area contributed by atoms with Crippen molar-refractivity contribution < 1.29 is 14.3 Å². The maximum absolute atomic E-state index is 12.4. The monoisotopic (exact) mass is 319 g/mol. The van der Waals surface area contributed by atoms with Gasteiger partial charge in [-0.15, -0.1) is 0 Å². The molecule has 1 aliphatic carbocycles. The molecule has 0 aliphatic heterocycles. The van der Waals surface area contributed by atoms with Gasteiger partial charge >= 0.3 is 6.09 Å². The molecule has 4 heteroatoms. The van der Waals surface area contributed by atoms with Crippen LogP contribution in [0.2, 0.25) is 0 Å². The Bertz CT molecular complexity index is 443. The van der Waals surface area contributed by atoms with E-state index in [2.05, 4.69) is 6.92 Å². The Morgan fingerprint density at radius 2 is 1.87 bits per heavy atom. The number of unbranched alkanes of at least 4 members (excludes halogenated alkanes) is 2. The molecular weight excluding hydrogens is 290 g/mol. The highest BCUT2D eigenvalue weighted by molar-refractivity contribution is 5.67. The molecule has 1 aliphatic rings. The molecule has 0 heterocycles. The quantitative estimate of drug-likeness (QED) is 0.623. The highest BCUT2D eigenvalue weighted by atomic mass is 16.6. The van der Waals surface area contributed by atoms with Crippen LogP contribution in [-0.4, -0.2) is 36.8 Å². The van der Waals surface area contributed by atoms with Crippen LogP contribution in [0.4, 0.5) is 4.79 Å². The molecule has 0 atom stereocenters. The summed E-state index contributed by atoms with van der Waals surface area (Å²) < 4.78 is 11.4. The van der Waals surface area contributed by atoms with Gasteiger partial charge in [-0.2, -0.15) is 0 Å². The summed E-state index contributed by atoms with van der Waals surface area (Å²) in [7, 11) is 0. The van der Waals surface area contributed by atoms with Gasteiger partial charge in [0.05, 0.1) is 6.54 Å². The van der Waals surface area contributed by atoms with Crippen LogP contribution in [-0.2, 0) is 4.74 Å². The fraction of sp³-hybridized carbons (Fsp3) is 0.632. The summed E-state index contributed by atoms with van der Waals surface area (Å²) in [5.41, 5.74) is 0. The van der Waals surface area contributed by atoms with Crippen molar-refractivity contribution in [1.82, 2.24) is 4.90 Å². The van der Waals surface area contributed by atoms with Gasteiger partial charge in [0.25, 0.3) is 0 Å². The third-order valence-electron chi connectivity index (χ3n) is 4.23. The molecule has 0 spiro atoms. The Morgan fingerprint density at radius 1 is 1.13 bits per heavy atom. The van der Waals surface area contributed by atoms with Crippen LogP contribution in [0.1, 0.15) is 51.9 Å². The fourth-order valence-electron chi connectivity index (χ4n) is 2.86. The van der Waals surface area contributed by atoms with E-state index < -0.39 is 0 Å². The molecule has 0 unspecified atom stereocenters. The third kappa shape index (κ3) is 6.51. The van der Waals surface area contributed by atoms with Gasteiger partial charge in [-0.3, -0.25) is 0 Å². The maximum Gasteiger partial charge on any atom is 0.410 e. The first-order valence-corrected chi connectivity index (χ1v) is 8.93. The van der Waals surface area contributed by atoms with Crippen molar-refractivity contribution in [3.8, 4) is 5.75 Å². The van der Waals surface area contributed by atoms with E-state index in [9.17, 15) is 4.79 Å². The van der Waals surface area contributed by atoms with Gasteiger partial charge in [-0.1, -0.05) is 38.0 Å². The van der Waals surface area contributed by atoms with E-state index in [-0.39, 0.29) is 12.2 Å². The Balaban J connectivity index is 1.78. The molecular formula is C19H29NO3. The van der Waals surface area contributed by atoms with Crippen LogP contribution in [0, 0.1) is 0 Å². The summed E-state index contributed by atoms with van der Waals surface area (Å²) in [6.07, 6.45) is 7.59. The predicted octanol–water partition coefficient (Wildman–Crippen LogP) is 4.64. The van der Waals surface area contributed by atoms with E-state index in [1.165, 1.54) is 12.8 Å². The summed E-state index contributed by atoms with van der Waals surface area (Å²) in [5.74, 6) is 0.838. The Kier molecular flexibility index (Phi) is 7.78. The van der Waals surface area contributed by atoms with Gasteiger partial charge in [-0.25, -0.2) is 4.79 Å². The molecule has 128 valence electrons. The molecule has 1 saturated carbocycles. The van der Waals surface area contributed by atoms with E-state index in [0.717, 1.165) is 44.4 Å². The zero-order valence-electron chi connectivity index (χ0n) is 14.2. The Hall–Kier alpha value is -1.71. The first-order valence-electron chi connectivity index (χ1n) is 8.93. The second-order valence-electron chi connectivity index (χ2n) is 6.15. The largest absolute Gasteiger partial charge is 0.492 e. The smallest absolute Gasteiger partial charge is 0.410 e. The van der Waals surface area contributed by atoms with Crippen molar-refractivity contribution in [3.05, 3.63) is 30.3 Å². The van der Waals surface area contributed by atoms with Crippen molar-refractivity contribution in [3.63, 3.8) is 0 Å². The first kappa shape index (κ1) is 17.6. The lowest BCUT2D eigenvalue weighted by atomic mass is 10.2. The van der Waals surface area contributed by atoms with Crippen LogP contribution >= 0.6 is 0 Å². The molecule has 0 N–H and O–H groups in total. The van der Waals surface area contributed by atoms with Crippen molar-refractivity contribution in [2.75, 3.05) is 19.7 Å². The van der Waals surface area contributed by atoms with Crippen molar-refractivity contribution >= 4 is 6.09 Å². The lowest BCUT2D eigenvalue weighted by molar-refractivity contribution is 0.0609. The van der Waals surface area contributed by atoms with E-state index in [1.54, 1.807) is 4.90 Å². The fourth-order valence-corrected chi connectivity index (χ4v) is 2.86. The lowest BCUT2D eigenvalue weighted by Crippen LogP contribution is -2.37. The second-order valence-corrected chi connectivity index (χ2v) is 6.15. The number of carbonyl (C=O) groups excluding carboxylic acids is 1. The number of benzene rings is 1. The number of para-hydroxylation sites is 1. The van der Waals surface area contributed by atoms with Gasteiger partial charge in [0.2, 0.25) is 0 Å². The number of ether oxygens (including phenoxy) is 2. The van der Waals surface area contributed by atoms with Gasteiger partial charge in [-0.05, 0) is 44.2 Å². The van der Waals surface area contributed by atoms with Crippen LogP contribution in [0.15, 0.2) is 30.3 Å². The Labute approximate surface area is 139 Å². The summed E-state index contributed by atoms with van der Waals surface area (Å²) >= 11 is 0. The zero-order valence-corrected chi connectivity index (χ0v) is 14.2. The number of amides is 1. The minimum Gasteiger partial charge on any atom is -0.492 e. The topological polar surface area (TPSA) is 38.8 Å². The summed E-state index contributed by atoms with van der Waals surface area (Å²) in [6, 6.07) is 9.71. The number of hydrogen-bond acceptors (Lipinski definition) is 3. The normalized spacial score (nSPS) is 14.7. The molecule has 4 nitrogen and oxygen atoms in total. The van der Waals surface area contributed by atoms with E-state index in [0.29, 0.717) is 13.2 Å². The average Bonchev–Trinajstić information content (AvgIpc) is 3.07. The number of nitrogens with zero attached hydrogens (tertiary/aromatic N) is 1. The van der Waals surface area contributed by atoms with Gasteiger partial charge in [0.1, 0.15) is 18.5 Å². The Morgan fingerprint density at radius 3 is 2.57 bits per heavy atom. The summed E-state index contributed by atoms with van der Waals surface area (Å²) in [6.45, 7) is 3.98. The SMILES string of the molecule is CCCCCN(CCOc1ccccc1)C(=O)OC1CCCC1. The molecule has 0 aromatic heterocycles. The van der Waals surface area contributed by atoms with E-state index in [1.807, 2.05) is 30.3 Å². The molecule has 0 saturated heterocycles. The van der Waals surface area contributed by atoms with E-state index in [4.69, 9.17) is 9.47 Å². The summed E-state index contributed by atoms with van der Waals surface area (Å²) in [5, 5.41) is 0. The van der Waals surface area contributed by atoms with E-state index >= 15 is 0 Å². The molecule has 1 fully saturated rings. The minimum absolute atomic E-state index is 0.117. The second kappa shape index (κ2) is 10.1. The van der Waals surface area contributed by atoms with Crippen molar-refractivity contribution in [1.29, 1.82) is 0 Å². The molecule has 23 heavy (non-hydrogen) atoms. The highest BCUT2D eigenvalue weighted by Gasteiger charge is 2.22. The standard InChI is InChI=1S/C19H29NO3/c1-2-3-9-14-20(19(21)23-18-12-7-8-13-18)15-16-22-17-10-5-4-6-11-17/h4-6,10-11,18H,2-3,7-9,12-16H2,1H3. The number of rotatable bonds is 9. The maximum atomic E-state index is 12.4. The van der Waals surface area contributed by atoms with Crippen LogP contribution < -0.4 is 4.74 Å². The minimum atomic E-state index is -0.176. The van der Waals surface area contributed by atoms with Crippen LogP contribution in [0.25, 0.3) is 0 Å². The van der Waals surface area contributed by atoms with Gasteiger partial charge < -0.3 is 14.4 Å². The molecule has 1 aromatic carbocycles. The predicted molar refractivity (Wildman–Crippen MR) is 91.8 cm³/mol. The lowest BCUT2D eigenvalue weighted by Gasteiger charge is -2.24. The first-order chi connectivity index (χ1) is 11.3. The van der Waals surface area contributed by atoms with Crippen molar-refractivity contribution in [2.45, 2.75) is 58.0 Å². The molecule has 1 aromatic rings. The molecule has 1 amide bonds. The highest BCUT2D eigenvalue weighted by Crippen LogP contribution is 2.21. The molecule has 0 bridgehead atoms. The van der Waals surface area contributed by atoms with Gasteiger partial charge in [0, 0.05) is 6.54 Å². The number of hydrogen-bond donors (Lipinski definition) is 0. The van der Waals surface area contributed by atoms with Crippen molar-refractivity contribution in [2.24, 2.45) is 0 Å². The average molecular weight is 319 g/mol. The van der Waals surface area contributed by atoms with Gasteiger partial charge in [0.15, 0.2) is 0 Å². The zero-order chi connectivity index (χ0) is 16.3. The van der Waals surface area contributed by atoms with Crippen LogP contribution in [0.5, 0.6) is 5.75 Å². The molecule has 0 radical (unpaired) electrons.